The van der Waals surface area contributed by atoms with Gasteiger partial charge in [-0.15, -0.1) is 0 Å². The summed E-state index contributed by atoms with van der Waals surface area (Å²) in [4.78, 5) is 8.87. The van der Waals surface area contributed by atoms with Crippen molar-refractivity contribution in [1.82, 2.24) is 4.98 Å². The molecule has 0 N–H and O–H groups in total. The minimum absolute atomic E-state index is 0.620. The van der Waals surface area contributed by atoms with Gasteiger partial charge in [0.25, 0.3) is 0 Å². The van der Waals surface area contributed by atoms with E-state index in [1.54, 1.807) is 6.20 Å². The molecule has 3 nitrogen and oxygen atoms in total. The summed E-state index contributed by atoms with van der Waals surface area (Å²) in [5, 5.41) is 0. The normalized spacial score (nSPS) is 11.4. The Hall–Kier alpha value is -1.64. The lowest BCUT2D eigenvalue weighted by Gasteiger charge is -2.06. The molecule has 0 fully saturated rings. The largest absolute Gasteiger partial charge is 0.494 e. The molecule has 0 bridgehead atoms. The van der Waals surface area contributed by atoms with Crippen LogP contribution in [0.4, 0.5) is 5.82 Å². The second kappa shape index (κ2) is 7.64. The zero-order chi connectivity index (χ0) is 13.4. The fraction of sp³-hybridized carbons (Fsp3) is 0.467. The summed E-state index contributed by atoms with van der Waals surface area (Å²) in [6.07, 6.45) is 4.89. The molecule has 0 aliphatic rings. The Kier molecular flexibility index (Phi) is 6.12. The molecule has 3 heteroatoms. The van der Waals surface area contributed by atoms with Crippen LogP contribution in [0.2, 0.25) is 0 Å². The van der Waals surface area contributed by atoms with Crippen molar-refractivity contribution in [3.63, 3.8) is 0 Å². The van der Waals surface area contributed by atoms with Crippen LogP contribution in [0.25, 0.3) is 5.76 Å². The van der Waals surface area contributed by atoms with E-state index in [1.165, 1.54) is 5.71 Å². The molecule has 0 atom stereocenters. The third-order valence-electron chi connectivity index (χ3n) is 2.61. The average molecular weight is 246 g/mol. The second-order valence-electron chi connectivity index (χ2n) is 4.04. The van der Waals surface area contributed by atoms with Gasteiger partial charge in [-0.2, -0.15) is 0 Å². The first-order valence-corrected chi connectivity index (χ1v) is 6.55. The predicted molar refractivity (Wildman–Crippen MR) is 77.2 cm³/mol. The van der Waals surface area contributed by atoms with Gasteiger partial charge in [-0.3, -0.25) is 0 Å². The van der Waals surface area contributed by atoms with Crippen molar-refractivity contribution in [3.8, 4) is 0 Å². The van der Waals surface area contributed by atoms with Gasteiger partial charge < -0.3 is 4.74 Å². The van der Waals surface area contributed by atoms with Gasteiger partial charge in [-0.25, -0.2) is 9.98 Å². The summed E-state index contributed by atoms with van der Waals surface area (Å²) < 4.78 is 5.34. The van der Waals surface area contributed by atoms with Crippen LogP contribution in [0.3, 0.4) is 0 Å². The fourth-order valence-electron chi connectivity index (χ4n) is 1.64. The van der Waals surface area contributed by atoms with Crippen molar-refractivity contribution in [2.45, 2.75) is 40.0 Å². The molecule has 1 rings (SSSR count). The van der Waals surface area contributed by atoms with Crippen molar-refractivity contribution >= 4 is 17.3 Å². The van der Waals surface area contributed by atoms with Gasteiger partial charge in [0.05, 0.1) is 6.61 Å². The standard InChI is InChI=1S/C15H22N2O/c1-5-8-14(6-2)17-15-10-9-13(11-16-15)12(4)18-7-3/h9-11H,4-8H2,1-3H3. The Bertz CT molecular complexity index is 407. The lowest BCUT2D eigenvalue weighted by molar-refractivity contribution is 0.299. The van der Waals surface area contributed by atoms with Crippen LogP contribution in [0.1, 0.15) is 45.6 Å². The molecule has 1 heterocycles. The molecule has 0 aliphatic carbocycles. The topological polar surface area (TPSA) is 34.5 Å². The number of rotatable bonds is 7. The number of hydrogen-bond donors (Lipinski definition) is 0. The quantitative estimate of drug-likeness (QED) is 0.529. The van der Waals surface area contributed by atoms with E-state index in [4.69, 9.17) is 4.74 Å². The Labute approximate surface area is 110 Å². The molecular weight excluding hydrogens is 224 g/mol. The maximum atomic E-state index is 5.34. The van der Waals surface area contributed by atoms with E-state index in [0.29, 0.717) is 12.4 Å². The fourth-order valence-corrected chi connectivity index (χ4v) is 1.64. The van der Waals surface area contributed by atoms with Crippen LogP contribution in [-0.4, -0.2) is 17.3 Å². The molecule has 0 amide bonds. The Balaban J connectivity index is 2.79. The second-order valence-corrected chi connectivity index (χ2v) is 4.04. The zero-order valence-electron chi connectivity index (χ0n) is 11.6. The first kappa shape index (κ1) is 14.4. The first-order chi connectivity index (χ1) is 8.71. The van der Waals surface area contributed by atoms with Gasteiger partial charge in [-0.1, -0.05) is 26.8 Å². The molecule has 0 unspecified atom stereocenters. The Morgan fingerprint density at radius 3 is 2.61 bits per heavy atom. The third-order valence-corrected chi connectivity index (χ3v) is 2.61. The van der Waals surface area contributed by atoms with Gasteiger partial charge in [-0.05, 0) is 31.9 Å². The Morgan fingerprint density at radius 2 is 2.11 bits per heavy atom. The molecule has 18 heavy (non-hydrogen) atoms. The Morgan fingerprint density at radius 1 is 1.33 bits per heavy atom. The average Bonchev–Trinajstić information content (AvgIpc) is 2.39. The highest BCUT2D eigenvalue weighted by Crippen LogP contribution is 2.16. The maximum Gasteiger partial charge on any atom is 0.151 e. The van der Waals surface area contributed by atoms with Crippen LogP contribution in [0.5, 0.6) is 0 Å². The van der Waals surface area contributed by atoms with Gasteiger partial charge in [0.1, 0.15) is 5.76 Å². The smallest absolute Gasteiger partial charge is 0.151 e. The van der Waals surface area contributed by atoms with E-state index in [9.17, 15) is 0 Å². The highest BCUT2D eigenvalue weighted by atomic mass is 16.5. The first-order valence-electron chi connectivity index (χ1n) is 6.55. The molecule has 1 aromatic rings. The van der Waals surface area contributed by atoms with E-state index >= 15 is 0 Å². The summed E-state index contributed by atoms with van der Waals surface area (Å²) in [6, 6.07) is 3.86. The van der Waals surface area contributed by atoms with Crippen LogP contribution >= 0.6 is 0 Å². The van der Waals surface area contributed by atoms with Gasteiger partial charge in [0.2, 0.25) is 0 Å². The molecular formula is C15H22N2O. The maximum absolute atomic E-state index is 5.34. The van der Waals surface area contributed by atoms with E-state index in [1.807, 2.05) is 19.1 Å². The molecule has 0 aromatic carbocycles. The van der Waals surface area contributed by atoms with Crippen molar-refractivity contribution in [1.29, 1.82) is 0 Å². The molecule has 0 spiro atoms. The number of hydrogen-bond acceptors (Lipinski definition) is 3. The number of ether oxygens (including phenoxy) is 1. The summed E-state index contributed by atoms with van der Waals surface area (Å²) >= 11 is 0. The molecule has 0 aliphatic heterocycles. The van der Waals surface area contributed by atoms with Crippen molar-refractivity contribution in [3.05, 3.63) is 30.5 Å². The molecule has 98 valence electrons. The van der Waals surface area contributed by atoms with Crippen LogP contribution in [0.15, 0.2) is 29.9 Å². The minimum atomic E-state index is 0.620. The van der Waals surface area contributed by atoms with E-state index in [2.05, 4.69) is 30.4 Å². The van der Waals surface area contributed by atoms with Gasteiger partial charge >= 0.3 is 0 Å². The zero-order valence-corrected chi connectivity index (χ0v) is 11.6. The minimum Gasteiger partial charge on any atom is -0.494 e. The highest BCUT2D eigenvalue weighted by Gasteiger charge is 2.01. The van der Waals surface area contributed by atoms with Crippen LogP contribution in [0, 0.1) is 0 Å². The van der Waals surface area contributed by atoms with E-state index in [0.717, 1.165) is 30.6 Å². The van der Waals surface area contributed by atoms with Crippen molar-refractivity contribution in [2.75, 3.05) is 6.61 Å². The lowest BCUT2D eigenvalue weighted by Crippen LogP contribution is -1.95. The number of pyridine rings is 1. The van der Waals surface area contributed by atoms with Crippen molar-refractivity contribution < 1.29 is 4.74 Å². The number of aromatic nitrogens is 1. The van der Waals surface area contributed by atoms with E-state index in [-0.39, 0.29) is 0 Å². The summed E-state index contributed by atoms with van der Waals surface area (Å²) in [6.45, 7) is 10.7. The number of nitrogens with zero attached hydrogens (tertiary/aromatic N) is 2. The third kappa shape index (κ3) is 4.32. The number of aliphatic imine (C=N–C) groups is 1. The summed E-state index contributed by atoms with van der Waals surface area (Å²) in [5.74, 6) is 1.41. The van der Waals surface area contributed by atoms with Gasteiger partial charge in [0, 0.05) is 17.5 Å². The molecule has 1 aromatic heterocycles. The van der Waals surface area contributed by atoms with Crippen molar-refractivity contribution in [2.24, 2.45) is 4.99 Å². The molecule has 0 saturated carbocycles. The van der Waals surface area contributed by atoms with Crippen LogP contribution < -0.4 is 0 Å². The molecule has 0 saturated heterocycles. The monoisotopic (exact) mass is 246 g/mol. The molecule has 0 radical (unpaired) electrons. The van der Waals surface area contributed by atoms with E-state index < -0.39 is 0 Å². The highest BCUT2D eigenvalue weighted by molar-refractivity contribution is 5.86. The SMILES string of the molecule is C=C(OCC)c1ccc(N=C(CC)CCC)nc1. The summed E-state index contributed by atoms with van der Waals surface area (Å²) in [7, 11) is 0. The van der Waals surface area contributed by atoms with Crippen LogP contribution in [-0.2, 0) is 4.74 Å². The predicted octanol–water partition coefficient (Wildman–Crippen LogP) is 4.37. The van der Waals surface area contributed by atoms with Gasteiger partial charge in [0.15, 0.2) is 5.82 Å². The summed E-state index contributed by atoms with van der Waals surface area (Å²) in [5.41, 5.74) is 2.10. The lowest BCUT2D eigenvalue weighted by atomic mass is 10.2.